The van der Waals surface area contributed by atoms with Crippen LogP contribution in [0.4, 0.5) is 0 Å². The highest BCUT2D eigenvalue weighted by Crippen LogP contribution is 2.35. The molecule has 3 heteroatoms. The number of ether oxygens (including phenoxy) is 1. The molecule has 0 radical (unpaired) electrons. The maximum atomic E-state index is 5.46. The Morgan fingerprint density at radius 2 is 2.00 bits per heavy atom. The highest BCUT2D eigenvalue weighted by atomic mass is 16.5. The van der Waals surface area contributed by atoms with Crippen LogP contribution in [0.15, 0.2) is 0 Å². The van der Waals surface area contributed by atoms with E-state index < -0.39 is 0 Å². The van der Waals surface area contributed by atoms with Crippen LogP contribution in [0.1, 0.15) is 44.9 Å². The smallest absolute Gasteiger partial charge is 0.0711 e. The first-order chi connectivity index (χ1) is 8.86. The second-order valence-electron chi connectivity index (χ2n) is 6.45. The molecule has 1 N–H and O–H groups in total. The molecule has 2 heterocycles. The number of piperidine rings is 1. The van der Waals surface area contributed by atoms with Crippen LogP contribution in [0, 0.1) is 5.92 Å². The van der Waals surface area contributed by atoms with Gasteiger partial charge < -0.3 is 10.1 Å². The van der Waals surface area contributed by atoms with Crippen LogP contribution in [0.2, 0.25) is 0 Å². The van der Waals surface area contributed by atoms with Crippen LogP contribution in [0.25, 0.3) is 0 Å². The van der Waals surface area contributed by atoms with Crippen molar-refractivity contribution in [2.45, 2.75) is 63.1 Å². The molecular formula is C15H28N2O. The Hall–Kier alpha value is -0.120. The number of nitrogens with one attached hydrogen (secondary N) is 1. The van der Waals surface area contributed by atoms with E-state index in [0.717, 1.165) is 18.5 Å². The lowest BCUT2D eigenvalue weighted by atomic mass is 9.78. The molecule has 1 saturated carbocycles. The van der Waals surface area contributed by atoms with E-state index in [1.165, 1.54) is 58.0 Å². The summed E-state index contributed by atoms with van der Waals surface area (Å²) >= 11 is 0. The summed E-state index contributed by atoms with van der Waals surface area (Å²) in [6.45, 7) is 3.63. The Kier molecular flexibility index (Phi) is 4.22. The number of fused-ring (bicyclic) bond motifs is 1. The number of rotatable bonds is 3. The SMILES string of the molecule is COC1CNC(CN2CCC[C@H]3CCCC[C@H]32)C1. The number of methoxy groups -OCH3 is 1. The molecule has 104 valence electrons. The third kappa shape index (κ3) is 2.73. The Morgan fingerprint density at radius 3 is 2.83 bits per heavy atom. The van der Waals surface area contributed by atoms with Crippen molar-refractivity contribution in [1.82, 2.24) is 10.2 Å². The molecule has 0 aromatic carbocycles. The van der Waals surface area contributed by atoms with Crippen molar-refractivity contribution in [3.8, 4) is 0 Å². The van der Waals surface area contributed by atoms with Crippen LogP contribution < -0.4 is 5.32 Å². The average Bonchev–Trinajstić information content (AvgIpc) is 2.87. The standard InChI is InChI=1S/C15H28N2O/c1-18-14-9-13(16-10-14)11-17-8-4-6-12-5-2-3-7-15(12)17/h12-16H,2-11H2,1H3/t12-,13?,14?,15-/m1/s1. The lowest BCUT2D eigenvalue weighted by Gasteiger charge is -2.45. The highest BCUT2D eigenvalue weighted by Gasteiger charge is 2.35. The molecule has 0 aromatic rings. The van der Waals surface area contributed by atoms with Crippen molar-refractivity contribution in [3.05, 3.63) is 0 Å². The fourth-order valence-electron chi connectivity index (χ4n) is 4.34. The van der Waals surface area contributed by atoms with Crippen molar-refractivity contribution in [2.24, 2.45) is 5.92 Å². The van der Waals surface area contributed by atoms with Crippen LogP contribution in [-0.4, -0.2) is 49.8 Å². The second-order valence-corrected chi connectivity index (χ2v) is 6.45. The maximum absolute atomic E-state index is 5.46. The number of likely N-dealkylation sites (tertiary alicyclic amines) is 1. The average molecular weight is 252 g/mol. The van der Waals surface area contributed by atoms with Gasteiger partial charge in [-0.1, -0.05) is 12.8 Å². The topological polar surface area (TPSA) is 24.5 Å². The van der Waals surface area contributed by atoms with Gasteiger partial charge in [0.2, 0.25) is 0 Å². The Labute approximate surface area is 111 Å². The largest absolute Gasteiger partial charge is 0.380 e. The van der Waals surface area contributed by atoms with E-state index >= 15 is 0 Å². The summed E-state index contributed by atoms with van der Waals surface area (Å²) in [4.78, 5) is 2.79. The molecule has 2 aliphatic heterocycles. The fourth-order valence-corrected chi connectivity index (χ4v) is 4.34. The molecule has 3 fully saturated rings. The molecule has 3 nitrogen and oxygen atoms in total. The van der Waals surface area contributed by atoms with Crippen molar-refractivity contribution in [3.63, 3.8) is 0 Å². The summed E-state index contributed by atoms with van der Waals surface area (Å²) in [6.07, 6.45) is 10.4. The minimum atomic E-state index is 0.446. The summed E-state index contributed by atoms with van der Waals surface area (Å²) in [5.74, 6) is 1.01. The van der Waals surface area contributed by atoms with Crippen LogP contribution in [0.3, 0.4) is 0 Å². The van der Waals surface area contributed by atoms with Crippen molar-refractivity contribution >= 4 is 0 Å². The quantitative estimate of drug-likeness (QED) is 0.831. The minimum absolute atomic E-state index is 0.446. The maximum Gasteiger partial charge on any atom is 0.0711 e. The van der Waals surface area contributed by atoms with Crippen molar-refractivity contribution in [2.75, 3.05) is 26.7 Å². The first-order valence-electron chi connectivity index (χ1n) is 7.87. The Morgan fingerprint density at radius 1 is 1.17 bits per heavy atom. The first kappa shape index (κ1) is 12.9. The summed E-state index contributed by atoms with van der Waals surface area (Å²) < 4.78 is 5.46. The molecule has 0 spiro atoms. The van der Waals surface area contributed by atoms with E-state index in [2.05, 4.69) is 10.2 Å². The van der Waals surface area contributed by atoms with Gasteiger partial charge in [0.25, 0.3) is 0 Å². The normalized spacial score (nSPS) is 41.8. The molecule has 18 heavy (non-hydrogen) atoms. The van der Waals surface area contributed by atoms with Crippen LogP contribution in [0.5, 0.6) is 0 Å². The molecule has 1 aliphatic carbocycles. The van der Waals surface area contributed by atoms with Gasteiger partial charge in [0.15, 0.2) is 0 Å². The zero-order chi connectivity index (χ0) is 12.4. The van der Waals surface area contributed by atoms with E-state index in [-0.39, 0.29) is 0 Å². The summed E-state index contributed by atoms with van der Waals surface area (Å²) in [7, 11) is 1.84. The second kappa shape index (κ2) is 5.89. The third-order valence-electron chi connectivity index (χ3n) is 5.33. The van der Waals surface area contributed by atoms with Crippen LogP contribution >= 0.6 is 0 Å². The van der Waals surface area contributed by atoms with E-state index in [0.29, 0.717) is 12.1 Å². The van der Waals surface area contributed by atoms with Gasteiger partial charge in [-0.05, 0) is 44.6 Å². The van der Waals surface area contributed by atoms with Gasteiger partial charge in [0, 0.05) is 32.3 Å². The Balaban J connectivity index is 1.55. The molecule has 0 bridgehead atoms. The predicted molar refractivity (Wildman–Crippen MR) is 73.8 cm³/mol. The predicted octanol–water partition coefficient (Wildman–Crippen LogP) is 2.02. The van der Waals surface area contributed by atoms with E-state index in [1.54, 1.807) is 0 Å². The molecule has 0 amide bonds. The lowest BCUT2D eigenvalue weighted by Crippen LogP contribution is -2.50. The molecular weight excluding hydrogens is 224 g/mol. The zero-order valence-corrected chi connectivity index (χ0v) is 11.7. The van der Waals surface area contributed by atoms with Gasteiger partial charge in [-0.15, -0.1) is 0 Å². The van der Waals surface area contributed by atoms with Crippen molar-refractivity contribution < 1.29 is 4.74 Å². The van der Waals surface area contributed by atoms with Gasteiger partial charge in [-0.3, -0.25) is 4.90 Å². The van der Waals surface area contributed by atoms with E-state index in [9.17, 15) is 0 Å². The molecule has 0 aromatic heterocycles. The fraction of sp³-hybridized carbons (Fsp3) is 1.00. The lowest BCUT2D eigenvalue weighted by molar-refractivity contribution is 0.0522. The molecule has 4 atom stereocenters. The van der Waals surface area contributed by atoms with Gasteiger partial charge in [0.1, 0.15) is 0 Å². The summed E-state index contributed by atoms with van der Waals surface area (Å²) in [5, 5.41) is 3.63. The Bertz CT molecular complexity index is 269. The zero-order valence-electron chi connectivity index (χ0n) is 11.7. The summed E-state index contributed by atoms with van der Waals surface area (Å²) in [5.41, 5.74) is 0. The molecule has 3 rings (SSSR count). The van der Waals surface area contributed by atoms with Gasteiger partial charge in [-0.2, -0.15) is 0 Å². The minimum Gasteiger partial charge on any atom is -0.380 e. The molecule has 2 unspecified atom stereocenters. The molecule has 2 saturated heterocycles. The van der Waals surface area contributed by atoms with E-state index in [4.69, 9.17) is 4.74 Å². The van der Waals surface area contributed by atoms with Gasteiger partial charge >= 0.3 is 0 Å². The third-order valence-corrected chi connectivity index (χ3v) is 5.33. The first-order valence-corrected chi connectivity index (χ1v) is 7.87. The summed E-state index contributed by atoms with van der Waals surface area (Å²) in [6, 6.07) is 1.56. The monoisotopic (exact) mass is 252 g/mol. The number of hydrogen-bond acceptors (Lipinski definition) is 3. The number of hydrogen-bond donors (Lipinski definition) is 1. The van der Waals surface area contributed by atoms with Crippen molar-refractivity contribution in [1.29, 1.82) is 0 Å². The van der Waals surface area contributed by atoms with E-state index in [1.807, 2.05) is 7.11 Å². The highest BCUT2D eigenvalue weighted by molar-refractivity contribution is 4.91. The van der Waals surface area contributed by atoms with Gasteiger partial charge in [0.05, 0.1) is 6.10 Å². The van der Waals surface area contributed by atoms with Crippen LogP contribution in [-0.2, 0) is 4.74 Å². The van der Waals surface area contributed by atoms with Gasteiger partial charge in [-0.25, -0.2) is 0 Å². The number of nitrogens with zero attached hydrogens (tertiary/aromatic N) is 1. The molecule has 3 aliphatic rings.